The van der Waals surface area contributed by atoms with Crippen LogP contribution in [-0.2, 0) is 40.3 Å². The Morgan fingerprint density at radius 2 is 0.704 bits per heavy atom. The Bertz CT molecular complexity index is 360. The molecule has 0 aromatic rings. The first kappa shape index (κ1) is 44.0. The van der Waals surface area contributed by atoms with Crippen LogP contribution in [0.1, 0.15) is 0 Å². The third-order valence-electron chi connectivity index (χ3n) is 0.485. The second-order valence-corrected chi connectivity index (χ2v) is 7.02. The molecule has 0 aliphatic carbocycles. The van der Waals surface area contributed by atoms with E-state index in [0.717, 1.165) is 0 Å². The van der Waals surface area contributed by atoms with Gasteiger partial charge in [0.25, 0.3) is 0 Å². The SMILES string of the molecule is O=[P+]([O-])O[P+](=O)[O-].O=[P+]([O-])O[P+](=O)[O-].O=[P+]([O-])O[P+](=O)[O-].OCCCl.[Ce+3].[Ce+3]. The van der Waals surface area contributed by atoms with Gasteiger partial charge >= 0.3 is 133 Å². The number of aliphatic hydroxyl groups excluding tert-OH is 1. The Kier molecular flexibility index (Phi) is 55.2. The zero-order valence-electron chi connectivity index (χ0n) is 12.0. The van der Waals surface area contributed by atoms with Gasteiger partial charge in [-0.1, -0.05) is 0 Å². The molecule has 2 radical (unpaired) electrons. The first-order chi connectivity index (χ1) is 11.3. The Morgan fingerprint density at radius 1 is 0.593 bits per heavy atom. The maximum absolute atomic E-state index is 9.24. The summed E-state index contributed by atoms with van der Waals surface area (Å²) in [6, 6.07) is 0. The van der Waals surface area contributed by atoms with Gasteiger partial charge < -0.3 is 34.5 Å². The van der Waals surface area contributed by atoms with Gasteiger partial charge in [0.1, 0.15) is 12.9 Å². The van der Waals surface area contributed by atoms with E-state index in [4.69, 9.17) is 16.7 Å². The summed E-state index contributed by atoms with van der Waals surface area (Å²) >= 11 is 4.94. The van der Waals surface area contributed by atoms with E-state index < -0.39 is 49.5 Å². The molecule has 0 fully saturated rings. The van der Waals surface area contributed by atoms with Gasteiger partial charge in [0, 0.05) is 5.88 Å². The molecule has 0 aliphatic heterocycles. The summed E-state index contributed by atoms with van der Waals surface area (Å²) in [5.74, 6) is 0.347. The van der Waals surface area contributed by atoms with Crippen LogP contribution in [0.4, 0.5) is 0 Å². The zero-order valence-corrected chi connectivity index (χ0v) is 24.4. The van der Waals surface area contributed by atoms with E-state index in [2.05, 4.69) is 12.9 Å². The van der Waals surface area contributed by atoms with Gasteiger partial charge in [0.2, 0.25) is 0 Å². The van der Waals surface area contributed by atoms with Crippen LogP contribution >= 0.6 is 61.1 Å². The van der Waals surface area contributed by atoms with E-state index in [1.807, 2.05) is 0 Å². The predicted molar refractivity (Wildman–Crippen MR) is 66.7 cm³/mol. The van der Waals surface area contributed by atoms with Gasteiger partial charge in [-0.15, -0.1) is 11.6 Å². The number of halogens is 1. The van der Waals surface area contributed by atoms with Crippen molar-refractivity contribution in [3.8, 4) is 0 Å². The van der Waals surface area contributed by atoms with Gasteiger partial charge in [-0.3, -0.25) is 0 Å². The van der Waals surface area contributed by atoms with Gasteiger partial charge in [-0.05, 0) is 27.4 Å². The summed E-state index contributed by atoms with van der Waals surface area (Å²) in [6.07, 6.45) is 0. The van der Waals surface area contributed by atoms with Crippen molar-refractivity contribution in [2.45, 2.75) is 0 Å². The van der Waals surface area contributed by atoms with Crippen LogP contribution in [0.25, 0.3) is 0 Å². The molecule has 1 N–H and O–H groups in total. The molecule has 0 bridgehead atoms. The minimum atomic E-state index is -3.24. The molecule has 0 heterocycles. The fourth-order valence-electron chi connectivity index (χ4n) is 0.163. The predicted octanol–water partition coefficient (Wildman–Crippen LogP) is -2.67. The van der Waals surface area contributed by atoms with Crippen molar-refractivity contribution in [1.29, 1.82) is 0 Å². The van der Waals surface area contributed by atoms with Crippen molar-refractivity contribution in [1.82, 2.24) is 0 Å². The van der Waals surface area contributed by atoms with Crippen LogP contribution in [-0.4, -0.2) is 17.6 Å². The van der Waals surface area contributed by atoms with Crippen LogP contribution < -0.4 is 29.4 Å². The monoisotopic (exact) mass is 786 g/mol. The smallest absolute Gasteiger partial charge is 0.563 e. The molecule has 25 heteroatoms. The molecule has 27 heavy (non-hydrogen) atoms. The summed E-state index contributed by atoms with van der Waals surface area (Å²) in [5, 5.41) is 7.74. The fourth-order valence-corrected chi connectivity index (χ4v) is 1.47. The Morgan fingerprint density at radius 3 is 0.704 bits per heavy atom. The third kappa shape index (κ3) is 82.3. The zero-order chi connectivity index (χ0) is 21.0. The minimum absolute atomic E-state index is 0. The first-order valence-electron chi connectivity index (χ1n) is 4.37. The van der Waals surface area contributed by atoms with Crippen molar-refractivity contribution >= 4 is 61.1 Å². The molecule has 0 amide bonds. The van der Waals surface area contributed by atoms with Crippen molar-refractivity contribution in [2.75, 3.05) is 12.5 Å². The van der Waals surface area contributed by atoms with Crippen LogP contribution in [0.2, 0.25) is 0 Å². The second kappa shape index (κ2) is 33.9. The van der Waals surface area contributed by atoms with E-state index in [-0.39, 0.29) is 90.1 Å². The van der Waals surface area contributed by atoms with Crippen molar-refractivity contribution in [3.63, 3.8) is 0 Å². The molecule has 0 saturated heterocycles. The molecule has 0 aromatic heterocycles. The van der Waals surface area contributed by atoms with Crippen molar-refractivity contribution in [2.24, 2.45) is 0 Å². The second-order valence-electron chi connectivity index (χ2n) is 2.00. The number of aliphatic hydroxyl groups is 1. The average molecular weight is 787 g/mol. The van der Waals surface area contributed by atoms with Crippen LogP contribution in [0, 0.1) is 83.5 Å². The van der Waals surface area contributed by atoms with Crippen LogP contribution in [0.3, 0.4) is 0 Å². The van der Waals surface area contributed by atoms with E-state index in [1.165, 1.54) is 0 Å². The summed E-state index contributed by atoms with van der Waals surface area (Å²) < 4.78 is 64.9. The molecular formula is C2H5Ce2ClO16P6+6. The number of alkyl halides is 1. The van der Waals surface area contributed by atoms with E-state index in [1.54, 1.807) is 0 Å². The number of hydrogen-bond donors (Lipinski definition) is 1. The molecule has 0 saturated carbocycles. The average Bonchev–Trinajstić information content (AvgIpc) is 2.35. The molecule has 148 valence electrons. The van der Waals surface area contributed by atoms with Gasteiger partial charge in [-0.25, -0.2) is 0 Å². The van der Waals surface area contributed by atoms with Crippen molar-refractivity contribution in [3.05, 3.63) is 0 Å². The quantitative estimate of drug-likeness (QED) is 0.203. The normalized spacial score (nSPS) is 11.6. The summed E-state index contributed by atoms with van der Waals surface area (Å²) in [6.45, 7) is 0.0849. The first-order valence-corrected chi connectivity index (χ1v) is 11.5. The summed E-state index contributed by atoms with van der Waals surface area (Å²) in [7, 11) is -19.4. The molecule has 6 unspecified atom stereocenters. The molecule has 0 spiro atoms. The maximum Gasteiger partial charge on any atom is 3.00 e. The molecular weight excluding hydrogens is 782 g/mol. The summed E-state index contributed by atoms with van der Waals surface area (Å²) in [4.78, 5) is 55.4. The third-order valence-corrected chi connectivity index (χ3v) is 3.85. The molecule has 6 atom stereocenters. The fraction of sp³-hybridized carbons (Fsp3) is 1.00. The van der Waals surface area contributed by atoms with Gasteiger partial charge in [0.05, 0.1) is 6.61 Å². The van der Waals surface area contributed by atoms with E-state index >= 15 is 0 Å². The molecule has 16 nitrogen and oxygen atoms in total. The van der Waals surface area contributed by atoms with Gasteiger partial charge in [0.15, 0.2) is 0 Å². The van der Waals surface area contributed by atoms with Crippen molar-refractivity contribution < 1.29 is 158 Å². The standard InChI is InChI=1S/C2H5ClO.2Ce.3O5P2/c3-1-2-4;;;3*1-6(2)5-7(3)4/h4H,1-2H2;;;;;/q;2*+3;;;. The molecule has 0 aromatic carbocycles. The molecule has 0 aliphatic rings. The van der Waals surface area contributed by atoms with Crippen LogP contribution in [0.15, 0.2) is 0 Å². The Labute approximate surface area is 228 Å². The van der Waals surface area contributed by atoms with E-state index in [0.29, 0.717) is 5.88 Å². The van der Waals surface area contributed by atoms with Gasteiger partial charge in [-0.2, -0.15) is 0 Å². The number of hydrogen-bond acceptors (Lipinski definition) is 16. The largest absolute Gasteiger partial charge is 3.00 e. The van der Waals surface area contributed by atoms with E-state index in [9.17, 15) is 56.8 Å². The number of rotatable bonds is 7. The summed E-state index contributed by atoms with van der Waals surface area (Å²) in [5.41, 5.74) is 0. The Hall–Kier alpha value is 3.24. The van der Waals surface area contributed by atoms with Crippen LogP contribution in [0.5, 0.6) is 0 Å². The topological polar surface area (TPSA) is 289 Å². The maximum atomic E-state index is 9.24. The minimum Gasteiger partial charge on any atom is -0.563 e. The Balaban J connectivity index is -0.0000000541. The molecule has 0 rings (SSSR count).